The smallest absolute Gasteiger partial charge is 0.220 e. The molecule has 3 heterocycles. The molecule has 19 nitrogen and oxygen atoms in total. The van der Waals surface area contributed by atoms with Gasteiger partial charge in [0.1, 0.15) is 73.2 Å². The van der Waals surface area contributed by atoms with Crippen molar-refractivity contribution in [2.24, 2.45) is 0 Å². The number of carbonyl (C=O) groups excluding carboxylic acids is 1. The molecule has 1 amide bonds. The summed E-state index contributed by atoms with van der Waals surface area (Å²) >= 11 is 0. The minimum atomic E-state index is -1.98. The molecule has 12 N–H and O–H groups in total. The Labute approximate surface area is 550 Å². The molecule has 0 saturated carbocycles. The number of carbonyl (C=O) groups is 1. The van der Waals surface area contributed by atoms with Gasteiger partial charge in [0.2, 0.25) is 5.91 Å². The predicted octanol–water partition coefficient (Wildman–Crippen LogP) is 9.21. The summed E-state index contributed by atoms with van der Waals surface area (Å²) in [5, 5.41) is 120. The summed E-state index contributed by atoms with van der Waals surface area (Å²) in [5.41, 5.74) is 0. The van der Waals surface area contributed by atoms with Gasteiger partial charge in [-0.25, -0.2) is 0 Å². The van der Waals surface area contributed by atoms with E-state index in [-0.39, 0.29) is 18.9 Å². The summed E-state index contributed by atoms with van der Waals surface area (Å²) < 4.78 is 34.2. The molecule has 3 aliphatic rings. The van der Waals surface area contributed by atoms with E-state index in [1.165, 1.54) is 57.8 Å². The van der Waals surface area contributed by atoms with Gasteiger partial charge in [-0.05, 0) is 89.9 Å². The maximum atomic E-state index is 13.4. The second kappa shape index (κ2) is 53.3. The SMILES string of the molecule is CC/C=C\C/C=C\C/C=C\C/C=C\C/C=C\C/C=C\C/C=C\C/C=C\C/C=C\CCCCCCCCCCCC(=O)NC(COC1OC(CO)C(OC2OC(CO)C(OC3OC(CO)C(O)C(O)C3O)C(O)C2O)C(O)C1O)C(O)/C=C/CCCCCCCCCC. The van der Waals surface area contributed by atoms with Crippen molar-refractivity contribution in [3.8, 4) is 0 Å². The number of hydrogen-bond acceptors (Lipinski definition) is 18. The minimum absolute atomic E-state index is 0.228. The molecule has 92 heavy (non-hydrogen) atoms. The second-order valence-corrected chi connectivity index (χ2v) is 24.3. The Kier molecular flexibility index (Phi) is 47.8. The highest BCUT2D eigenvalue weighted by Gasteiger charge is 2.53. The Morgan fingerprint density at radius 2 is 0.750 bits per heavy atom. The molecule has 0 aromatic heterocycles. The molecule has 17 unspecified atom stereocenters. The number of ether oxygens (including phenoxy) is 6. The zero-order valence-corrected chi connectivity index (χ0v) is 55.5. The summed E-state index contributed by atoms with van der Waals surface area (Å²) in [7, 11) is 0. The van der Waals surface area contributed by atoms with Gasteiger partial charge in [-0.3, -0.25) is 4.79 Å². The molecule has 19 heteroatoms. The highest BCUT2D eigenvalue weighted by Crippen LogP contribution is 2.33. The lowest BCUT2D eigenvalue weighted by Crippen LogP contribution is -2.66. The highest BCUT2D eigenvalue weighted by molar-refractivity contribution is 5.76. The van der Waals surface area contributed by atoms with E-state index in [1.54, 1.807) is 6.08 Å². The summed E-state index contributed by atoms with van der Waals surface area (Å²) in [6.07, 6.45) is 46.3. The lowest BCUT2D eigenvalue weighted by atomic mass is 9.96. The van der Waals surface area contributed by atoms with Crippen LogP contribution in [0.1, 0.15) is 200 Å². The van der Waals surface area contributed by atoms with Gasteiger partial charge in [0, 0.05) is 6.42 Å². The number of aliphatic hydroxyl groups excluding tert-OH is 11. The van der Waals surface area contributed by atoms with Gasteiger partial charge in [0.15, 0.2) is 18.9 Å². The first-order valence-corrected chi connectivity index (χ1v) is 34.8. The van der Waals surface area contributed by atoms with Crippen LogP contribution in [0.25, 0.3) is 0 Å². The van der Waals surface area contributed by atoms with Crippen LogP contribution in [0.2, 0.25) is 0 Å². The van der Waals surface area contributed by atoms with Crippen molar-refractivity contribution < 1.29 is 89.4 Å². The Bertz CT molecular complexity index is 2140. The normalized spacial score (nSPS) is 28.5. The molecule has 0 aromatic rings. The molecule has 3 fully saturated rings. The average Bonchev–Trinajstić information content (AvgIpc) is 0.799. The lowest BCUT2D eigenvalue weighted by molar-refractivity contribution is -0.379. The molecule has 17 atom stereocenters. The van der Waals surface area contributed by atoms with Crippen molar-refractivity contribution in [1.82, 2.24) is 5.32 Å². The van der Waals surface area contributed by atoms with Crippen LogP contribution >= 0.6 is 0 Å². The fourth-order valence-corrected chi connectivity index (χ4v) is 10.9. The van der Waals surface area contributed by atoms with E-state index in [4.69, 9.17) is 28.4 Å². The van der Waals surface area contributed by atoms with Gasteiger partial charge in [0.25, 0.3) is 0 Å². The van der Waals surface area contributed by atoms with Crippen LogP contribution in [0.15, 0.2) is 122 Å². The first-order chi connectivity index (χ1) is 44.8. The summed E-state index contributed by atoms with van der Waals surface area (Å²) in [6, 6.07) is -0.983. The van der Waals surface area contributed by atoms with Crippen molar-refractivity contribution in [3.05, 3.63) is 122 Å². The third kappa shape index (κ3) is 34.7. The number of hydrogen-bond donors (Lipinski definition) is 12. The Morgan fingerprint density at radius 1 is 0.402 bits per heavy atom. The van der Waals surface area contributed by atoms with Crippen LogP contribution in [-0.2, 0) is 33.2 Å². The first kappa shape index (κ1) is 82.4. The number of amides is 1. The van der Waals surface area contributed by atoms with E-state index in [1.807, 2.05) is 6.08 Å². The Hall–Kier alpha value is -3.81. The molecular formula is C73H121NO18. The molecule has 3 saturated heterocycles. The van der Waals surface area contributed by atoms with E-state index in [0.29, 0.717) is 6.42 Å². The molecule has 0 bridgehead atoms. The third-order valence-corrected chi connectivity index (χ3v) is 16.5. The van der Waals surface area contributed by atoms with E-state index in [2.05, 4.69) is 129 Å². The van der Waals surface area contributed by atoms with Crippen molar-refractivity contribution in [1.29, 1.82) is 0 Å². The maximum Gasteiger partial charge on any atom is 0.220 e. The van der Waals surface area contributed by atoms with Crippen molar-refractivity contribution in [3.63, 3.8) is 0 Å². The lowest BCUT2D eigenvalue weighted by Gasteiger charge is -2.48. The van der Waals surface area contributed by atoms with Gasteiger partial charge in [-0.15, -0.1) is 0 Å². The zero-order valence-electron chi connectivity index (χ0n) is 55.5. The number of allylic oxidation sites excluding steroid dienone is 19. The van der Waals surface area contributed by atoms with Crippen LogP contribution in [0.4, 0.5) is 0 Å². The topological polar surface area (TPSA) is 307 Å². The monoisotopic (exact) mass is 1300 g/mol. The number of unbranched alkanes of at least 4 members (excludes halogenated alkanes) is 17. The van der Waals surface area contributed by atoms with Gasteiger partial charge in [-0.2, -0.15) is 0 Å². The van der Waals surface area contributed by atoms with Gasteiger partial charge >= 0.3 is 0 Å². The van der Waals surface area contributed by atoms with E-state index >= 15 is 0 Å². The quantitative estimate of drug-likeness (QED) is 0.0199. The molecule has 3 rings (SSSR count). The second-order valence-electron chi connectivity index (χ2n) is 24.3. The summed E-state index contributed by atoms with van der Waals surface area (Å²) in [6.45, 7) is 1.55. The van der Waals surface area contributed by atoms with Crippen LogP contribution in [-0.4, -0.2) is 193 Å². The van der Waals surface area contributed by atoms with Gasteiger partial charge < -0.3 is 89.9 Å². The molecule has 0 aliphatic carbocycles. The fourth-order valence-electron chi connectivity index (χ4n) is 10.9. The third-order valence-electron chi connectivity index (χ3n) is 16.5. The Balaban J connectivity index is 1.34. The molecule has 3 aliphatic heterocycles. The predicted molar refractivity (Wildman–Crippen MR) is 360 cm³/mol. The van der Waals surface area contributed by atoms with Crippen molar-refractivity contribution in [2.75, 3.05) is 26.4 Å². The van der Waals surface area contributed by atoms with Crippen molar-refractivity contribution >= 4 is 5.91 Å². The summed E-state index contributed by atoms with van der Waals surface area (Å²) in [4.78, 5) is 13.4. The zero-order chi connectivity index (χ0) is 66.8. The molecule has 0 aromatic carbocycles. The number of nitrogens with one attached hydrogen (secondary N) is 1. The Morgan fingerprint density at radius 3 is 1.17 bits per heavy atom. The van der Waals surface area contributed by atoms with Crippen LogP contribution in [0.5, 0.6) is 0 Å². The largest absolute Gasteiger partial charge is 0.394 e. The maximum absolute atomic E-state index is 13.4. The van der Waals surface area contributed by atoms with Crippen LogP contribution in [0.3, 0.4) is 0 Å². The first-order valence-electron chi connectivity index (χ1n) is 34.8. The van der Waals surface area contributed by atoms with E-state index < -0.39 is 124 Å². The molecular weight excluding hydrogens is 1180 g/mol. The summed E-state index contributed by atoms with van der Waals surface area (Å²) in [5.74, 6) is -0.290. The van der Waals surface area contributed by atoms with E-state index in [0.717, 1.165) is 116 Å². The fraction of sp³-hybridized carbons (Fsp3) is 0.712. The van der Waals surface area contributed by atoms with Crippen LogP contribution < -0.4 is 5.32 Å². The molecule has 0 radical (unpaired) electrons. The van der Waals surface area contributed by atoms with Crippen LogP contribution in [0, 0.1) is 0 Å². The van der Waals surface area contributed by atoms with E-state index in [9.17, 15) is 61.0 Å². The van der Waals surface area contributed by atoms with Gasteiger partial charge in [0.05, 0.1) is 38.6 Å². The van der Waals surface area contributed by atoms with Crippen molar-refractivity contribution in [2.45, 2.75) is 304 Å². The number of aliphatic hydroxyl groups is 11. The van der Waals surface area contributed by atoms with Gasteiger partial charge in [-0.1, -0.05) is 225 Å². The molecule has 0 spiro atoms. The highest BCUT2D eigenvalue weighted by atomic mass is 16.8. The molecule has 526 valence electrons. The standard InChI is InChI=1S/C73H121NO18/c1-3-5-7-9-11-13-15-16-17-18-19-20-21-22-23-24-25-26-27-28-29-30-31-32-33-34-35-36-37-38-39-40-41-43-45-47-49-51-61(79)74-56(57(78)50-48-46-44-42-14-12-10-8-6-4-2)55-87-71-67(85)64(82)69(59(53-76)89-71)92-73-68(86)65(83)70(60(54-77)90-73)91-72-66(84)63(81)62(80)58(52-75)88-72/h5,7,11,13,16-17,19-20,22-23,25-26,28-29,31-32,34-35,48,50,56-60,62-73,75-78,80-86H,3-4,6,8-10,12,14-15,18,21,24,27,30,33,36-47,49,51-55H2,1-2H3,(H,74,79)/b7-5-,13-11-,17-16-,20-19-,23-22-,26-25-,29-28-,32-31-,35-34-,50-48+. The number of rotatable bonds is 51. The minimum Gasteiger partial charge on any atom is -0.394 e. The average molecular weight is 1300 g/mol.